The molecule has 0 aliphatic heterocycles. The van der Waals surface area contributed by atoms with E-state index in [9.17, 15) is 0 Å². The molecule has 0 unspecified atom stereocenters. The monoisotopic (exact) mass is 447 g/mol. The van der Waals surface area contributed by atoms with E-state index in [1.807, 2.05) is 67.6 Å². The Balaban J connectivity index is 1.47. The summed E-state index contributed by atoms with van der Waals surface area (Å²) in [4.78, 5) is 9.48. The summed E-state index contributed by atoms with van der Waals surface area (Å²) in [5.41, 5.74) is 4.59. The number of para-hydroxylation sites is 2. The van der Waals surface area contributed by atoms with Gasteiger partial charge >= 0.3 is 0 Å². The molecule has 0 fully saturated rings. The molecule has 0 radical (unpaired) electrons. The molecule has 3 aromatic heterocycles. The molecule has 0 saturated heterocycles. The fourth-order valence-corrected chi connectivity index (χ4v) is 4.37. The smallest absolute Gasteiger partial charge is 0.192 e. The summed E-state index contributed by atoms with van der Waals surface area (Å²) in [7, 11) is 0. The average molecular weight is 448 g/mol. The van der Waals surface area contributed by atoms with Crippen LogP contribution in [-0.4, -0.2) is 24.7 Å². The Labute approximate surface area is 188 Å². The average Bonchev–Trinajstić information content (AvgIpc) is 3.43. The summed E-state index contributed by atoms with van der Waals surface area (Å²) in [5, 5.41) is 10.4. The van der Waals surface area contributed by atoms with Gasteiger partial charge in [-0.3, -0.25) is 4.57 Å². The molecule has 6 nitrogen and oxygen atoms in total. The van der Waals surface area contributed by atoms with Crippen molar-refractivity contribution in [2.24, 2.45) is 0 Å². The molecule has 154 valence electrons. The lowest BCUT2D eigenvalue weighted by molar-refractivity contribution is 0.485. The number of halogens is 1. The number of nitrogens with zero attached hydrogens (tertiary/aromatic N) is 5. The van der Waals surface area contributed by atoms with Crippen LogP contribution < -0.4 is 0 Å². The standard InChI is InChI=1S/C23H18ClN5OS/c1-15-21(26-20-7-3-2-6-19(20)25-15)14-31-23-28-27-22(16-8-10-17(24)11-9-16)29(23)13-18-5-4-12-30-18/h2-12H,13-14H2,1H3. The highest BCUT2D eigenvalue weighted by Gasteiger charge is 2.17. The summed E-state index contributed by atoms with van der Waals surface area (Å²) < 4.78 is 7.62. The van der Waals surface area contributed by atoms with Crippen molar-refractivity contribution in [3.05, 3.63) is 89.1 Å². The molecule has 5 aromatic rings. The molecule has 0 saturated carbocycles. The van der Waals surface area contributed by atoms with E-state index < -0.39 is 0 Å². The van der Waals surface area contributed by atoms with Crippen LogP contribution in [0.1, 0.15) is 17.1 Å². The second kappa shape index (κ2) is 8.53. The number of hydrogen-bond donors (Lipinski definition) is 0. The van der Waals surface area contributed by atoms with Crippen molar-refractivity contribution in [1.82, 2.24) is 24.7 Å². The van der Waals surface area contributed by atoms with Crippen LogP contribution in [0, 0.1) is 6.92 Å². The number of aromatic nitrogens is 5. The first-order valence-electron chi connectivity index (χ1n) is 9.74. The van der Waals surface area contributed by atoms with E-state index in [1.54, 1.807) is 18.0 Å². The number of aryl methyl sites for hydroxylation is 1. The molecular weight excluding hydrogens is 430 g/mol. The Morgan fingerprint density at radius 2 is 1.71 bits per heavy atom. The van der Waals surface area contributed by atoms with Crippen molar-refractivity contribution >= 4 is 34.4 Å². The largest absolute Gasteiger partial charge is 0.467 e. The Morgan fingerprint density at radius 3 is 2.45 bits per heavy atom. The van der Waals surface area contributed by atoms with Crippen molar-refractivity contribution in [2.45, 2.75) is 24.4 Å². The zero-order valence-corrected chi connectivity index (χ0v) is 18.3. The van der Waals surface area contributed by atoms with Crippen molar-refractivity contribution in [2.75, 3.05) is 0 Å². The van der Waals surface area contributed by atoms with Gasteiger partial charge in [-0.05, 0) is 55.5 Å². The molecule has 5 rings (SSSR count). The van der Waals surface area contributed by atoms with Crippen LogP contribution in [0.2, 0.25) is 5.02 Å². The van der Waals surface area contributed by atoms with E-state index in [0.29, 0.717) is 17.3 Å². The minimum Gasteiger partial charge on any atom is -0.467 e. The lowest BCUT2D eigenvalue weighted by Gasteiger charge is -2.10. The maximum Gasteiger partial charge on any atom is 0.192 e. The number of fused-ring (bicyclic) bond motifs is 1. The number of benzene rings is 2. The molecule has 8 heteroatoms. The quantitative estimate of drug-likeness (QED) is 0.307. The first-order valence-corrected chi connectivity index (χ1v) is 11.1. The third-order valence-electron chi connectivity index (χ3n) is 4.89. The molecule has 0 atom stereocenters. The van der Waals surface area contributed by atoms with Crippen molar-refractivity contribution in [1.29, 1.82) is 0 Å². The van der Waals surface area contributed by atoms with Gasteiger partial charge in [0.1, 0.15) is 5.76 Å². The van der Waals surface area contributed by atoms with E-state index in [2.05, 4.69) is 19.7 Å². The zero-order chi connectivity index (χ0) is 21.2. The van der Waals surface area contributed by atoms with E-state index in [1.165, 1.54) is 0 Å². The highest BCUT2D eigenvalue weighted by atomic mass is 35.5. The molecular formula is C23H18ClN5OS. The number of rotatable bonds is 6. The fraction of sp³-hybridized carbons (Fsp3) is 0.130. The van der Waals surface area contributed by atoms with Gasteiger partial charge in [-0.1, -0.05) is 35.5 Å². The Morgan fingerprint density at radius 1 is 0.935 bits per heavy atom. The molecule has 0 aliphatic rings. The van der Waals surface area contributed by atoms with E-state index >= 15 is 0 Å². The van der Waals surface area contributed by atoms with Gasteiger partial charge in [-0.25, -0.2) is 9.97 Å². The third kappa shape index (κ3) is 4.19. The first-order chi connectivity index (χ1) is 15.2. The van der Waals surface area contributed by atoms with Gasteiger partial charge < -0.3 is 4.42 Å². The number of hydrogen-bond acceptors (Lipinski definition) is 6. The lowest BCUT2D eigenvalue weighted by atomic mass is 10.2. The summed E-state index contributed by atoms with van der Waals surface area (Å²) >= 11 is 7.64. The highest BCUT2D eigenvalue weighted by Crippen LogP contribution is 2.28. The SMILES string of the molecule is Cc1nc2ccccc2nc1CSc1nnc(-c2ccc(Cl)cc2)n1Cc1ccco1. The van der Waals surface area contributed by atoms with Crippen LogP contribution >= 0.6 is 23.4 Å². The zero-order valence-electron chi connectivity index (χ0n) is 16.7. The molecule has 0 bridgehead atoms. The molecule has 3 heterocycles. The minimum atomic E-state index is 0.530. The van der Waals surface area contributed by atoms with Crippen LogP contribution in [0.4, 0.5) is 0 Å². The Kier molecular flexibility index (Phi) is 5.44. The van der Waals surface area contributed by atoms with Crippen molar-refractivity contribution in [3.63, 3.8) is 0 Å². The van der Waals surface area contributed by atoms with E-state index in [0.717, 1.165) is 44.7 Å². The van der Waals surface area contributed by atoms with Crippen LogP contribution in [0.3, 0.4) is 0 Å². The van der Waals surface area contributed by atoms with Crippen molar-refractivity contribution < 1.29 is 4.42 Å². The molecule has 0 aliphatic carbocycles. The molecule has 0 N–H and O–H groups in total. The molecule has 0 spiro atoms. The predicted molar refractivity (Wildman–Crippen MR) is 122 cm³/mol. The Hall–Kier alpha value is -3.16. The summed E-state index contributed by atoms with van der Waals surface area (Å²) in [6, 6.07) is 19.3. The van der Waals surface area contributed by atoms with Crippen LogP contribution in [0.5, 0.6) is 0 Å². The van der Waals surface area contributed by atoms with Crippen LogP contribution in [-0.2, 0) is 12.3 Å². The number of thioether (sulfide) groups is 1. The second-order valence-corrected chi connectivity index (χ2v) is 8.39. The first kappa shape index (κ1) is 19.8. The molecule has 31 heavy (non-hydrogen) atoms. The molecule has 2 aromatic carbocycles. The van der Waals surface area contributed by atoms with Gasteiger partial charge in [0.15, 0.2) is 11.0 Å². The maximum absolute atomic E-state index is 6.06. The van der Waals surface area contributed by atoms with Gasteiger partial charge in [-0.15, -0.1) is 10.2 Å². The minimum absolute atomic E-state index is 0.530. The van der Waals surface area contributed by atoms with Crippen molar-refractivity contribution in [3.8, 4) is 11.4 Å². The van der Waals surface area contributed by atoms with Gasteiger partial charge in [-0.2, -0.15) is 0 Å². The van der Waals surface area contributed by atoms with E-state index in [4.69, 9.17) is 21.0 Å². The normalized spacial score (nSPS) is 11.3. The van der Waals surface area contributed by atoms with Crippen LogP contribution in [0.25, 0.3) is 22.4 Å². The summed E-state index contributed by atoms with van der Waals surface area (Å²) in [6.45, 7) is 2.52. The Bertz CT molecular complexity index is 1330. The second-order valence-electron chi connectivity index (χ2n) is 7.01. The maximum atomic E-state index is 6.06. The lowest BCUT2D eigenvalue weighted by Crippen LogP contribution is -2.04. The van der Waals surface area contributed by atoms with E-state index in [-0.39, 0.29) is 0 Å². The molecule has 0 amide bonds. The van der Waals surface area contributed by atoms with Gasteiger partial charge in [0.2, 0.25) is 0 Å². The number of furan rings is 1. The predicted octanol–water partition coefficient (Wildman–Crippen LogP) is 5.78. The third-order valence-corrected chi connectivity index (χ3v) is 6.12. The van der Waals surface area contributed by atoms with Gasteiger partial charge in [0, 0.05) is 16.3 Å². The highest BCUT2D eigenvalue weighted by molar-refractivity contribution is 7.98. The summed E-state index contributed by atoms with van der Waals surface area (Å²) in [6.07, 6.45) is 1.67. The topological polar surface area (TPSA) is 69.6 Å². The van der Waals surface area contributed by atoms with Gasteiger partial charge in [0.05, 0.1) is 35.2 Å². The fourth-order valence-electron chi connectivity index (χ4n) is 3.30. The van der Waals surface area contributed by atoms with Gasteiger partial charge in [0.25, 0.3) is 0 Å². The van der Waals surface area contributed by atoms with Crippen LogP contribution in [0.15, 0.2) is 76.5 Å². The summed E-state index contributed by atoms with van der Waals surface area (Å²) in [5.74, 6) is 2.23.